The molecule has 0 amide bonds. The first-order chi connectivity index (χ1) is 16.7. The third kappa shape index (κ3) is 6.55. The van der Waals surface area contributed by atoms with Crippen LogP contribution < -0.4 is 14.8 Å². The molecule has 2 aromatic heterocycles. The standard InChI is InChI=1S/C23H26F3N5O4/c1-13-29-18-9-19(34-5)20(35-12-16(33-4)11-32-3)8-17(18)22(30-13)28-10-15-6-14(27-2)7-21(31-15)23(24,25)26/h6-9,16H,2,10-12H2,1,3-5H3,(H,28,29,30). The highest BCUT2D eigenvalue weighted by Gasteiger charge is 2.33. The molecule has 9 nitrogen and oxygen atoms in total. The Hall–Kier alpha value is -3.51. The quantitative estimate of drug-likeness (QED) is 0.394. The second kappa shape index (κ2) is 11.3. The molecule has 2 heterocycles. The molecular formula is C23H26F3N5O4. The fraction of sp³-hybridized carbons (Fsp3) is 0.391. The van der Waals surface area contributed by atoms with Crippen LogP contribution in [0.25, 0.3) is 10.9 Å². The van der Waals surface area contributed by atoms with Crippen molar-refractivity contribution in [3.8, 4) is 11.5 Å². The number of pyridine rings is 1. The normalized spacial score (nSPS) is 12.4. The third-order valence-electron chi connectivity index (χ3n) is 4.98. The molecule has 0 aliphatic heterocycles. The lowest BCUT2D eigenvalue weighted by atomic mass is 10.2. The minimum absolute atomic E-state index is 0.0419. The van der Waals surface area contributed by atoms with Crippen LogP contribution in [0.15, 0.2) is 29.3 Å². The van der Waals surface area contributed by atoms with E-state index in [1.54, 1.807) is 33.3 Å². The first kappa shape index (κ1) is 26.1. The summed E-state index contributed by atoms with van der Waals surface area (Å²) in [6.07, 6.45) is -4.91. The van der Waals surface area contributed by atoms with Gasteiger partial charge in [0.15, 0.2) is 11.5 Å². The van der Waals surface area contributed by atoms with Crippen LogP contribution in [0.3, 0.4) is 0 Å². The number of nitrogens with one attached hydrogen (secondary N) is 1. The van der Waals surface area contributed by atoms with Crippen LogP contribution >= 0.6 is 0 Å². The van der Waals surface area contributed by atoms with Crippen molar-refractivity contribution in [2.75, 3.05) is 39.9 Å². The monoisotopic (exact) mass is 493 g/mol. The summed E-state index contributed by atoms with van der Waals surface area (Å²) in [4.78, 5) is 16.2. The van der Waals surface area contributed by atoms with Crippen LogP contribution in [0.2, 0.25) is 0 Å². The maximum atomic E-state index is 13.2. The summed E-state index contributed by atoms with van der Waals surface area (Å²) < 4.78 is 61.4. The van der Waals surface area contributed by atoms with E-state index in [0.717, 1.165) is 6.07 Å². The molecule has 0 aliphatic carbocycles. The topological polar surface area (TPSA) is 100.0 Å². The zero-order valence-electron chi connectivity index (χ0n) is 19.8. The number of anilines is 1. The minimum atomic E-state index is -4.61. The van der Waals surface area contributed by atoms with Crippen molar-refractivity contribution in [1.82, 2.24) is 15.0 Å². The molecule has 0 saturated carbocycles. The molecule has 12 heteroatoms. The second-order valence-corrected chi connectivity index (χ2v) is 7.48. The number of ether oxygens (including phenoxy) is 4. The Kier molecular flexibility index (Phi) is 8.41. The molecular weight excluding hydrogens is 467 g/mol. The van der Waals surface area contributed by atoms with E-state index in [2.05, 4.69) is 32.0 Å². The number of aryl methyl sites for hydroxylation is 1. The first-order valence-electron chi connectivity index (χ1n) is 10.5. The molecule has 0 radical (unpaired) electrons. The summed E-state index contributed by atoms with van der Waals surface area (Å²) in [5.74, 6) is 1.73. The highest BCUT2D eigenvalue weighted by atomic mass is 19.4. The van der Waals surface area contributed by atoms with Gasteiger partial charge in [-0.3, -0.25) is 4.99 Å². The zero-order valence-corrected chi connectivity index (χ0v) is 19.8. The summed E-state index contributed by atoms with van der Waals surface area (Å²) in [6.45, 7) is 5.52. The maximum absolute atomic E-state index is 13.2. The summed E-state index contributed by atoms with van der Waals surface area (Å²) in [7, 11) is 4.63. The zero-order chi connectivity index (χ0) is 25.6. The van der Waals surface area contributed by atoms with E-state index in [-0.39, 0.29) is 30.6 Å². The van der Waals surface area contributed by atoms with Crippen molar-refractivity contribution in [1.29, 1.82) is 0 Å². The summed E-state index contributed by atoms with van der Waals surface area (Å²) in [6, 6.07) is 5.66. The van der Waals surface area contributed by atoms with Gasteiger partial charge in [0.05, 0.1) is 37.2 Å². The minimum Gasteiger partial charge on any atom is -0.493 e. The SMILES string of the molecule is C=Nc1cc(CNc2nc(C)nc3cc(OC)c(OCC(COC)OC)cc23)nc(C(F)(F)F)c1. The molecule has 1 unspecified atom stereocenters. The van der Waals surface area contributed by atoms with Crippen LogP contribution in [0.4, 0.5) is 24.7 Å². The van der Waals surface area contributed by atoms with Gasteiger partial charge in [-0.15, -0.1) is 0 Å². The highest BCUT2D eigenvalue weighted by molar-refractivity contribution is 5.91. The number of aromatic nitrogens is 3. The summed E-state index contributed by atoms with van der Waals surface area (Å²) >= 11 is 0. The van der Waals surface area contributed by atoms with Crippen molar-refractivity contribution in [2.24, 2.45) is 4.99 Å². The molecule has 188 valence electrons. The Balaban J connectivity index is 1.94. The second-order valence-electron chi connectivity index (χ2n) is 7.48. The Morgan fingerprint density at radius 3 is 2.43 bits per heavy atom. The van der Waals surface area contributed by atoms with Gasteiger partial charge in [-0.05, 0) is 31.8 Å². The number of fused-ring (bicyclic) bond motifs is 1. The van der Waals surface area contributed by atoms with Crippen molar-refractivity contribution in [3.63, 3.8) is 0 Å². The van der Waals surface area contributed by atoms with Gasteiger partial charge in [0.25, 0.3) is 0 Å². The number of hydrogen-bond donors (Lipinski definition) is 1. The Morgan fingerprint density at radius 1 is 1.03 bits per heavy atom. The van der Waals surface area contributed by atoms with Crippen LogP contribution in [-0.4, -0.2) is 62.3 Å². The van der Waals surface area contributed by atoms with Crippen molar-refractivity contribution >= 4 is 29.1 Å². The molecule has 0 saturated heterocycles. The van der Waals surface area contributed by atoms with E-state index < -0.39 is 11.9 Å². The van der Waals surface area contributed by atoms with E-state index in [9.17, 15) is 13.2 Å². The molecule has 1 N–H and O–H groups in total. The van der Waals surface area contributed by atoms with E-state index in [4.69, 9.17) is 18.9 Å². The molecule has 35 heavy (non-hydrogen) atoms. The molecule has 0 spiro atoms. The van der Waals surface area contributed by atoms with E-state index in [1.165, 1.54) is 13.2 Å². The van der Waals surface area contributed by atoms with Gasteiger partial charge in [-0.1, -0.05) is 0 Å². The van der Waals surface area contributed by atoms with E-state index in [0.29, 0.717) is 40.7 Å². The Labute approximate surface area is 200 Å². The number of rotatable bonds is 11. The average Bonchev–Trinajstić information content (AvgIpc) is 2.83. The number of nitrogens with zero attached hydrogens (tertiary/aromatic N) is 4. The lowest BCUT2D eigenvalue weighted by Gasteiger charge is -2.18. The lowest BCUT2D eigenvalue weighted by molar-refractivity contribution is -0.141. The Morgan fingerprint density at radius 2 is 1.80 bits per heavy atom. The van der Waals surface area contributed by atoms with E-state index in [1.807, 2.05) is 0 Å². The van der Waals surface area contributed by atoms with Gasteiger partial charge >= 0.3 is 6.18 Å². The number of methoxy groups -OCH3 is 3. The van der Waals surface area contributed by atoms with Crippen molar-refractivity contribution < 1.29 is 32.1 Å². The largest absolute Gasteiger partial charge is 0.493 e. The molecule has 0 fully saturated rings. The number of halogens is 3. The first-order valence-corrected chi connectivity index (χ1v) is 10.5. The predicted molar refractivity (Wildman–Crippen MR) is 125 cm³/mol. The summed E-state index contributed by atoms with van der Waals surface area (Å²) in [5, 5.41) is 3.64. The smallest absolute Gasteiger partial charge is 0.433 e. The van der Waals surface area contributed by atoms with Gasteiger partial charge in [-0.25, -0.2) is 15.0 Å². The fourth-order valence-electron chi connectivity index (χ4n) is 3.29. The lowest BCUT2D eigenvalue weighted by Crippen LogP contribution is -2.25. The highest BCUT2D eigenvalue weighted by Crippen LogP contribution is 2.35. The van der Waals surface area contributed by atoms with Gasteiger partial charge < -0.3 is 24.3 Å². The van der Waals surface area contributed by atoms with Crippen LogP contribution in [0, 0.1) is 6.92 Å². The predicted octanol–water partition coefficient (Wildman–Crippen LogP) is 4.35. The molecule has 3 aromatic rings. The maximum Gasteiger partial charge on any atom is 0.433 e. The van der Waals surface area contributed by atoms with Gasteiger partial charge in [-0.2, -0.15) is 13.2 Å². The third-order valence-corrected chi connectivity index (χ3v) is 4.98. The molecule has 0 bridgehead atoms. The van der Waals surface area contributed by atoms with Gasteiger partial charge in [0.1, 0.15) is 30.0 Å². The van der Waals surface area contributed by atoms with Gasteiger partial charge in [0, 0.05) is 25.7 Å². The number of aliphatic imine (C=N–C) groups is 1. The molecule has 3 rings (SSSR count). The average molecular weight is 493 g/mol. The fourth-order valence-corrected chi connectivity index (χ4v) is 3.29. The van der Waals surface area contributed by atoms with Crippen LogP contribution in [-0.2, 0) is 22.2 Å². The molecule has 0 aliphatic rings. The van der Waals surface area contributed by atoms with Crippen LogP contribution in [0.5, 0.6) is 11.5 Å². The van der Waals surface area contributed by atoms with Crippen molar-refractivity contribution in [3.05, 3.63) is 41.5 Å². The molecule has 1 atom stereocenters. The van der Waals surface area contributed by atoms with Crippen LogP contribution in [0.1, 0.15) is 17.2 Å². The van der Waals surface area contributed by atoms with Crippen molar-refractivity contribution in [2.45, 2.75) is 25.7 Å². The Bertz CT molecular complexity index is 1190. The van der Waals surface area contributed by atoms with E-state index >= 15 is 0 Å². The number of benzene rings is 1. The van der Waals surface area contributed by atoms with Gasteiger partial charge in [0.2, 0.25) is 0 Å². The number of hydrogen-bond acceptors (Lipinski definition) is 9. The summed E-state index contributed by atoms with van der Waals surface area (Å²) in [5.41, 5.74) is -0.293. The molecule has 1 aromatic carbocycles. The number of alkyl halides is 3.